The van der Waals surface area contributed by atoms with Crippen molar-refractivity contribution >= 4 is 21.4 Å². The first-order valence-electron chi connectivity index (χ1n) is 6.71. The fourth-order valence-electron chi connectivity index (χ4n) is 3.41. The molecule has 0 unspecified atom stereocenters. The molecule has 0 aliphatic carbocycles. The van der Waals surface area contributed by atoms with Crippen molar-refractivity contribution in [2.45, 2.75) is 38.4 Å². The Balaban J connectivity index is 1.72. The molecular weight excluding hydrogens is 280 g/mol. The minimum Gasteiger partial charge on any atom is -0.294 e. The second-order valence-electron chi connectivity index (χ2n) is 5.57. The number of sulfonamides is 1. The van der Waals surface area contributed by atoms with E-state index in [9.17, 15) is 8.42 Å². The molecule has 0 spiro atoms. The van der Waals surface area contributed by atoms with Crippen molar-refractivity contribution in [1.82, 2.24) is 9.21 Å². The molecule has 0 N–H and O–H groups in total. The van der Waals surface area contributed by atoms with Crippen LogP contribution in [0, 0.1) is 6.92 Å². The van der Waals surface area contributed by atoms with Crippen molar-refractivity contribution < 1.29 is 8.42 Å². The summed E-state index contributed by atoms with van der Waals surface area (Å²) in [6.07, 6.45) is 3.28. The largest absolute Gasteiger partial charge is 0.294 e. The molecule has 2 fully saturated rings. The van der Waals surface area contributed by atoms with E-state index in [2.05, 4.69) is 24.0 Å². The molecule has 1 aromatic rings. The summed E-state index contributed by atoms with van der Waals surface area (Å²) < 4.78 is 25.2. The number of hydrogen-bond acceptors (Lipinski definition) is 4. The molecule has 6 heteroatoms. The molecule has 0 aromatic carbocycles. The van der Waals surface area contributed by atoms with Gasteiger partial charge in [0, 0.05) is 41.5 Å². The first-order valence-corrected chi connectivity index (χ1v) is 9.38. The van der Waals surface area contributed by atoms with Crippen LogP contribution in [0.3, 0.4) is 0 Å². The molecule has 0 saturated carbocycles. The second kappa shape index (κ2) is 4.84. The van der Waals surface area contributed by atoms with Gasteiger partial charge in [-0.25, -0.2) is 8.42 Å². The Morgan fingerprint density at radius 3 is 2.63 bits per heavy atom. The first-order chi connectivity index (χ1) is 8.95. The summed E-state index contributed by atoms with van der Waals surface area (Å²) in [6, 6.07) is 4.97. The lowest BCUT2D eigenvalue weighted by Gasteiger charge is -2.24. The van der Waals surface area contributed by atoms with Crippen molar-refractivity contribution in [3.05, 3.63) is 21.9 Å². The minimum absolute atomic E-state index is 0.205. The molecule has 19 heavy (non-hydrogen) atoms. The van der Waals surface area contributed by atoms with Crippen LogP contribution in [0.1, 0.15) is 22.6 Å². The highest BCUT2D eigenvalue weighted by Crippen LogP contribution is 2.34. The Morgan fingerprint density at radius 1 is 1.26 bits per heavy atom. The number of fused-ring (bicyclic) bond motifs is 1. The summed E-state index contributed by atoms with van der Waals surface area (Å²) >= 11 is 1.84. The highest BCUT2D eigenvalue weighted by molar-refractivity contribution is 7.88. The second-order valence-corrected chi connectivity index (χ2v) is 8.88. The van der Waals surface area contributed by atoms with Gasteiger partial charge >= 0.3 is 0 Å². The van der Waals surface area contributed by atoms with Gasteiger partial charge in [0.15, 0.2) is 0 Å². The normalized spacial score (nSPS) is 28.9. The van der Waals surface area contributed by atoms with Crippen molar-refractivity contribution in [2.75, 3.05) is 19.3 Å². The smallest absolute Gasteiger partial charge is 0.211 e. The number of likely N-dealkylation sites (tertiary alicyclic amines) is 1. The van der Waals surface area contributed by atoms with Gasteiger partial charge in [-0.1, -0.05) is 0 Å². The van der Waals surface area contributed by atoms with E-state index in [0.29, 0.717) is 12.6 Å². The van der Waals surface area contributed by atoms with Crippen molar-refractivity contribution in [1.29, 1.82) is 0 Å². The SMILES string of the molecule is Cc1ccc(CN2CC[C@@H]3[C@@H]2CCN3S(C)(=O)=O)s1. The minimum atomic E-state index is -3.04. The van der Waals surface area contributed by atoms with E-state index in [1.54, 1.807) is 4.31 Å². The standard InChI is InChI=1S/C13H20N2O2S2/c1-10-3-4-11(18-10)9-14-7-5-13-12(14)6-8-15(13)19(2,16)17/h3-4,12-13H,5-9H2,1-2H3/t12-,13+/m0/s1. The van der Waals surface area contributed by atoms with Crippen LogP contribution in [0.15, 0.2) is 12.1 Å². The van der Waals surface area contributed by atoms with Crippen LogP contribution < -0.4 is 0 Å². The third kappa shape index (κ3) is 2.59. The summed E-state index contributed by atoms with van der Waals surface area (Å²) in [5, 5.41) is 0. The molecule has 0 radical (unpaired) electrons. The van der Waals surface area contributed by atoms with E-state index in [1.807, 2.05) is 11.3 Å². The molecule has 1 aromatic heterocycles. The molecule has 2 saturated heterocycles. The molecule has 4 nitrogen and oxygen atoms in total. The van der Waals surface area contributed by atoms with Crippen LogP contribution in [-0.4, -0.2) is 49.1 Å². The number of rotatable bonds is 3. The van der Waals surface area contributed by atoms with E-state index in [-0.39, 0.29) is 6.04 Å². The molecule has 3 heterocycles. The quantitative estimate of drug-likeness (QED) is 0.852. The molecule has 2 aliphatic rings. The Morgan fingerprint density at radius 2 is 2.00 bits per heavy atom. The first kappa shape index (κ1) is 13.5. The topological polar surface area (TPSA) is 40.6 Å². The molecule has 0 amide bonds. The zero-order chi connectivity index (χ0) is 13.6. The van der Waals surface area contributed by atoms with E-state index in [1.165, 1.54) is 16.0 Å². The molecular formula is C13H20N2O2S2. The van der Waals surface area contributed by atoms with Crippen LogP contribution in [0.5, 0.6) is 0 Å². The third-order valence-electron chi connectivity index (χ3n) is 4.22. The van der Waals surface area contributed by atoms with Crippen LogP contribution in [0.2, 0.25) is 0 Å². The number of aryl methyl sites for hydroxylation is 1. The molecule has 2 atom stereocenters. The van der Waals surface area contributed by atoms with Crippen LogP contribution >= 0.6 is 11.3 Å². The average Bonchev–Trinajstić information content (AvgIpc) is 2.95. The lowest BCUT2D eigenvalue weighted by molar-refractivity contribution is 0.242. The Kier molecular flexibility index (Phi) is 3.45. The lowest BCUT2D eigenvalue weighted by atomic mass is 10.1. The number of nitrogens with zero attached hydrogens (tertiary/aromatic N) is 2. The summed E-state index contributed by atoms with van der Waals surface area (Å²) in [5.74, 6) is 0. The summed E-state index contributed by atoms with van der Waals surface area (Å²) in [5.41, 5.74) is 0. The molecule has 3 rings (SSSR count). The fourth-order valence-corrected chi connectivity index (χ4v) is 5.51. The molecule has 0 bridgehead atoms. The van der Waals surface area contributed by atoms with E-state index < -0.39 is 10.0 Å². The average molecular weight is 300 g/mol. The zero-order valence-corrected chi connectivity index (χ0v) is 13.0. The number of thiophene rings is 1. The summed E-state index contributed by atoms with van der Waals surface area (Å²) in [6.45, 7) is 4.80. The molecule has 106 valence electrons. The van der Waals surface area contributed by atoms with E-state index in [4.69, 9.17) is 0 Å². The highest BCUT2D eigenvalue weighted by Gasteiger charge is 2.45. The maximum Gasteiger partial charge on any atom is 0.211 e. The van der Waals surface area contributed by atoms with Gasteiger partial charge in [0.05, 0.1) is 6.26 Å². The summed E-state index contributed by atoms with van der Waals surface area (Å²) in [7, 11) is -3.04. The van der Waals surface area contributed by atoms with Gasteiger partial charge in [-0.3, -0.25) is 4.90 Å². The lowest BCUT2D eigenvalue weighted by Crippen LogP contribution is -2.38. The zero-order valence-electron chi connectivity index (χ0n) is 11.4. The van der Waals surface area contributed by atoms with Gasteiger partial charge in [-0.05, 0) is 31.9 Å². The van der Waals surface area contributed by atoms with Crippen LogP contribution in [0.25, 0.3) is 0 Å². The third-order valence-corrected chi connectivity index (χ3v) is 6.51. The maximum atomic E-state index is 11.8. The predicted octanol–water partition coefficient (Wildman–Crippen LogP) is 1.66. The van der Waals surface area contributed by atoms with Crippen molar-refractivity contribution in [3.8, 4) is 0 Å². The maximum absolute atomic E-state index is 11.8. The van der Waals surface area contributed by atoms with Gasteiger partial charge in [-0.15, -0.1) is 11.3 Å². The van der Waals surface area contributed by atoms with Crippen molar-refractivity contribution in [3.63, 3.8) is 0 Å². The Bertz CT molecular complexity index is 567. The molecule has 2 aliphatic heterocycles. The van der Waals surface area contributed by atoms with Crippen LogP contribution in [-0.2, 0) is 16.6 Å². The number of hydrogen-bond donors (Lipinski definition) is 0. The van der Waals surface area contributed by atoms with Gasteiger partial charge in [-0.2, -0.15) is 4.31 Å². The fraction of sp³-hybridized carbons (Fsp3) is 0.692. The van der Waals surface area contributed by atoms with Gasteiger partial charge < -0.3 is 0 Å². The van der Waals surface area contributed by atoms with Gasteiger partial charge in [0.2, 0.25) is 10.0 Å². The Labute approximate surface area is 119 Å². The predicted molar refractivity (Wildman–Crippen MR) is 77.8 cm³/mol. The monoisotopic (exact) mass is 300 g/mol. The van der Waals surface area contributed by atoms with E-state index >= 15 is 0 Å². The van der Waals surface area contributed by atoms with E-state index in [0.717, 1.165) is 25.9 Å². The highest BCUT2D eigenvalue weighted by atomic mass is 32.2. The summed E-state index contributed by atoms with van der Waals surface area (Å²) in [4.78, 5) is 5.19. The van der Waals surface area contributed by atoms with Crippen LogP contribution in [0.4, 0.5) is 0 Å². The van der Waals surface area contributed by atoms with Gasteiger partial charge in [0.25, 0.3) is 0 Å². The Hall–Kier alpha value is -0.430. The van der Waals surface area contributed by atoms with Crippen molar-refractivity contribution in [2.24, 2.45) is 0 Å². The van der Waals surface area contributed by atoms with Gasteiger partial charge in [0.1, 0.15) is 0 Å².